The molecular formula is C20H30N2O6. The molecule has 8 heteroatoms. The van der Waals surface area contributed by atoms with E-state index in [4.69, 9.17) is 4.74 Å². The molecule has 0 spiro atoms. The second kappa shape index (κ2) is 11.4. The van der Waals surface area contributed by atoms with Gasteiger partial charge >= 0.3 is 5.97 Å². The Morgan fingerprint density at radius 1 is 1.18 bits per heavy atom. The van der Waals surface area contributed by atoms with Gasteiger partial charge in [-0.2, -0.15) is 0 Å². The zero-order valence-corrected chi connectivity index (χ0v) is 16.8. The van der Waals surface area contributed by atoms with Crippen molar-refractivity contribution in [2.75, 3.05) is 18.5 Å². The van der Waals surface area contributed by atoms with Crippen molar-refractivity contribution >= 4 is 23.5 Å². The Hall–Kier alpha value is -2.45. The van der Waals surface area contributed by atoms with Crippen LogP contribution < -0.4 is 10.6 Å². The van der Waals surface area contributed by atoms with Gasteiger partial charge in [0.15, 0.2) is 0 Å². The van der Waals surface area contributed by atoms with Gasteiger partial charge in [0, 0.05) is 24.6 Å². The van der Waals surface area contributed by atoms with Crippen molar-refractivity contribution in [2.24, 2.45) is 5.92 Å². The van der Waals surface area contributed by atoms with Crippen LogP contribution in [0.4, 0.5) is 5.69 Å². The molecule has 0 aliphatic heterocycles. The first-order valence-electron chi connectivity index (χ1n) is 9.37. The van der Waals surface area contributed by atoms with E-state index in [0.29, 0.717) is 24.2 Å². The molecule has 1 aromatic rings. The minimum absolute atomic E-state index is 0.0826. The maximum atomic E-state index is 12.3. The molecule has 0 radical (unpaired) electrons. The average Bonchev–Trinajstić information content (AvgIpc) is 2.64. The number of aliphatic carboxylic acids is 1. The third-order valence-corrected chi connectivity index (χ3v) is 4.47. The summed E-state index contributed by atoms with van der Waals surface area (Å²) in [5.74, 6) is -2.84. The summed E-state index contributed by atoms with van der Waals surface area (Å²) < 4.78 is 5.41. The maximum absolute atomic E-state index is 12.3. The summed E-state index contributed by atoms with van der Waals surface area (Å²) >= 11 is 0. The third-order valence-electron chi connectivity index (χ3n) is 4.47. The number of carbonyl (C=O) groups excluding carboxylic acids is 2. The average molecular weight is 394 g/mol. The second-order valence-electron chi connectivity index (χ2n) is 6.72. The van der Waals surface area contributed by atoms with Crippen LogP contribution in [0.1, 0.15) is 45.6 Å². The Labute approximate surface area is 165 Å². The first-order valence-corrected chi connectivity index (χ1v) is 9.37. The van der Waals surface area contributed by atoms with Crippen LogP contribution in [0.5, 0.6) is 0 Å². The Kier molecular flexibility index (Phi) is 9.61. The van der Waals surface area contributed by atoms with Crippen LogP contribution >= 0.6 is 0 Å². The van der Waals surface area contributed by atoms with Gasteiger partial charge in [0.1, 0.15) is 6.10 Å². The number of carboxylic acids is 1. The van der Waals surface area contributed by atoms with Gasteiger partial charge in [0.05, 0.1) is 18.6 Å². The highest BCUT2D eigenvalue weighted by molar-refractivity contribution is 5.94. The maximum Gasteiger partial charge on any atom is 0.306 e. The van der Waals surface area contributed by atoms with Crippen LogP contribution in [0.15, 0.2) is 24.3 Å². The van der Waals surface area contributed by atoms with Crippen LogP contribution in [-0.2, 0) is 19.1 Å². The number of nitrogens with one attached hydrogen (secondary N) is 2. The number of rotatable bonds is 11. The number of aliphatic hydroxyl groups excluding tert-OH is 1. The number of benzene rings is 1. The van der Waals surface area contributed by atoms with E-state index in [1.807, 2.05) is 0 Å². The normalized spacial score (nSPS) is 15.2. The minimum Gasteiger partial charge on any atom is -0.481 e. The summed E-state index contributed by atoms with van der Waals surface area (Å²) in [7, 11) is 0. The first-order chi connectivity index (χ1) is 13.2. The number of hydrogen-bond acceptors (Lipinski definition) is 5. The zero-order valence-electron chi connectivity index (χ0n) is 16.8. The molecule has 4 unspecified atom stereocenters. The molecule has 0 bridgehead atoms. The number of hydrogen-bond donors (Lipinski definition) is 4. The summed E-state index contributed by atoms with van der Waals surface area (Å²) in [6.07, 6.45) is -1.20. The molecule has 28 heavy (non-hydrogen) atoms. The van der Waals surface area contributed by atoms with Crippen molar-refractivity contribution in [1.82, 2.24) is 5.32 Å². The van der Waals surface area contributed by atoms with Crippen molar-refractivity contribution in [1.29, 1.82) is 0 Å². The van der Waals surface area contributed by atoms with Gasteiger partial charge in [-0.05, 0) is 31.5 Å². The van der Waals surface area contributed by atoms with Gasteiger partial charge < -0.3 is 25.6 Å². The SMILES string of the molecule is CCC(=O)NCCOC(C)C(=O)Nc1cccc(C(C(C)O)C(C)C(=O)O)c1. The number of carboxylic acid groups (broad SMARTS) is 1. The Morgan fingerprint density at radius 2 is 1.86 bits per heavy atom. The van der Waals surface area contributed by atoms with Gasteiger partial charge in [0.2, 0.25) is 5.91 Å². The summed E-state index contributed by atoms with van der Waals surface area (Å²) in [4.78, 5) is 34.8. The van der Waals surface area contributed by atoms with Crippen molar-refractivity contribution in [3.05, 3.63) is 29.8 Å². The number of carbonyl (C=O) groups is 3. The van der Waals surface area contributed by atoms with E-state index in [2.05, 4.69) is 10.6 Å². The second-order valence-corrected chi connectivity index (χ2v) is 6.72. The number of ether oxygens (including phenoxy) is 1. The third kappa shape index (κ3) is 7.28. The van der Waals surface area contributed by atoms with E-state index in [-0.39, 0.29) is 18.4 Å². The molecule has 2 amide bonds. The Balaban J connectivity index is 2.71. The highest BCUT2D eigenvalue weighted by Crippen LogP contribution is 2.30. The summed E-state index contributed by atoms with van der Waals surface area (Å²) in [5.41, 5.74) is 1.11. The lowest BCUT2D eigenvalue weighted by molar-refractivity contribution is -0.143. The molecule has 8 nitrogen and oxygen atoms in total. The van der Waals surface area contributed by atoms with Crippen molar-refractivity contribution < 1.29 is 29.3 Å². The lowest BCUT2D eigenvalue weighted by atomic mass is 9.83. The lowest BCUT2D eigenvalue weighted by Crippen LogP contribution is -2.32. The van der Waals surface area contributed by atoms with Crippen molar-refractivity contribution in [3.63, 3.8) is 0 Å². The van der Waals surface area contributed by atoms with Gasteiger partial charge in [0.25, 0.3) is 5.91 Å². The van der Waals surface area contributed by atoms with E-state index in [1.165, 1.54) is 6.92 Å². The first kappa shape index (κ1) is 23.6. The monoisotopic (exact) mass is 394 g/mol. The van der Waals surface area contributed by atoms with Crippen LogP contribution in [0, 0.1) is 5.92 Å². The Bertz CT molecular complexity index is 676. The smallest absolute Gasteiger partial charge is 0.306 e. The summed E-state index contributed by atoms with van der Waals surface area (Å²) in [6, 6.07) is 6.76. The van der Waals surface area contributed by atoms with E-state index in [1.54, 1.807) is 45.0 Å². The van der Waals surface area contributed by atoms with E-state index < -0.39 is 30.0 Å². The fourth-order valence-corrected chi connectivity index (χ4v) is 2.83. The molecular weight excluding hydrogens is 364 g/mol. The molecule has 1 aromatic carbocycles. The predicted molar refractivity (Wildman–Crippen MR) is 105 cm³/mol. The van der Waals surface area contributed by atoms with Gasteiger partial charge in [-0.3, -0.25) is 14.4 Å². The number of anilines is 1. The zero-order chi connectivity index (χ0) is 21.3. The number of aliphatic hydroxyl groups is 1. The molecule has 4 atom stereocenters. The summed E-state index contributed by atoms with van der Waals surface area (Å²) in [6.45, 7) is 6.97. The van der Waals surface area contributed by atoms with E-state index in [9.17, 15) is 24.6 Å². The van der Waals surface area contributed by atoms with Gasteiger partial charge in [-0.1, -0.05) is 26.0 Å². The molecule has 0 saturated carbocycles. The minimum atomic E-state index is -1.00. The van der Waals surface area contributed by atoms with E-state index in [0.717, 1.165) is 0 Å². The highest BCUT2D eigenvalue weighted by Gasteiger charge is 2.29. The van der Waals surface area contributed by atoms with Gasteiger partial charge in [-0.15, -0.1) is 0 Å². The molecule has 0 aliphatic carbocycles. The molecule has 0 aliphatic rings. The van der Waals surface area contributed by atoms with Crippen LogP contribution in [0.3, 0.4) is 0 Å². The molecule has 156 valence electrons. The fraction of sp³-hybridized carbons (Fsp3) is 0.550. The topological polar surface area (TPSA) is 125 Å². The summed E-state index contributed by atoms with van der Waals surface area (Å²) in [5, 5.41) is 24.7. The highest BCUT2D eigenvalue weighted by atomic mass is 16.5. The number of amides is 2. The van der Waals surface area contributed by atoms with Crippen LogP contribution in [-0.4, -0.2) is 53.4 Å². The van der Waals surface area contributed by atoms with Gasteiger partial charge in [-0.25, -0.2) is 0 Å². The molecule has 1 rings (SSSR count). The largest absolute Gasteiger partial charge is 0.481 e. The van der Waals surface area contributed by atoms with Crippen LogP contribution in [0.25, 0.3) is 0 Å². The molecule has 4 N–H and O–H groups in total. The predicted octanol–water partition coefficient (Wildman–Crippen LogP) is 1.74. The molecule has 0 heterocycles. The molecule has 0 aromatic heterocycles. The quantitative estimate of drug-likeness (QED) is 0.424. The van der Waals surface area contributed by atoms with Crippen LogP contribution in [0.2, 0.25) is 0 Å². The standard InChI is InChI=1S/C20H30N2O6/c1-5-17(24)21-9-10-28-14(4)19(25)22-16-8-6-7-15(11-16)18(13(3)23)12(2)20(26)27/h6-8,11-14,18,23H,5,9-10H2,1-4H3,(H,21,24)(H,22,25)(H,26,27). The van der Waals surface area contributed by atoms with Crippen molar-refractivity contribution in [3.8, 4) is 0 Å². The van der Waals surface area contributed by atoms with E-state index >= 15 is 0 Å². The fourth-order valence-electron chi connectivity index (χ4n) is 2.83. The molecule has 0 fully saturated rings. The Morgan fingerprint density at radius 3 is 2.43 bits per heavy atom. The van der Waals surface area contributed by atoms with Crippen molar-refractivity contribution in [2.45, 2.75) is 52.2 Å². The lowest BCUT2D eigenvalue weighted by Gasteiger charge is -2.25. The molecule has 0 saturated heterocycles.